The number of unbranched alkanes of at least 4 members (excludes halogenated alkanes) is 3. The average Bonchev–Trinajstić information content (AvgIpc) is 2.42. The highest BCUT2D eigenvalue weighted by molar-refractivity contribution is 5.79. The highest BCUT2D eigenvalue weighted by atomic mass is 16.6. The van der Waals surface area contributed by atoms with E-state index in [0.717, 1.165) is 44.7 Å². The standard InChI is InChI=1S/C16H33N3O3/c1-16(2,3)22-14(20)10-8-6-7-9-11-18-15(17-4)19-12-13-21-5/h6-13H2,1-5H3,(H2,17,18,19). The van der Waals surface area contributed by atoms with Crippen molar-refractivity contribution in [2.45, 2.75) is 58.5 Å². The van der Waals surface area contributed by atoms with Crippen molar-refractivity contribution in [1.29, 1.82) is 0 Å². The molecule has 0 spiro atoms. The third-order valence-electron chi connectivity index (χ3n) is 2.84. The molecule has 2 N–H and O–H groups in total. The van der Waals surface area contributed by atoms with E-state index in [1.165, 1.54) is 0 Å². The van der Waals surface area contributed by atoms with Gasteiger partial charge in [-0.25, -0.2) is 0 Å². The van der Waals surface area contributed by atoms with Crippen LogP contribution in [0.4, 0.5) is 0 Å². The van der Waals surface area contributed by atoms with Crippen LogP contribution in [-0.4, -0.2) is 51.4 Å². The Morgan fingerprint density at radius 2 is 1.68 bits per heavy atom. The first kappa shape index (κ1) is 20.7. The number of carbonyl (C=O) groups excluding carboxylic acids is 1. The molecule has 6 heteroatoms. The van der Waals surface area contributed by atoms with Crippen LogP contribution in [0.1, 0.15) is 52.9 Å². The van der Waals surface area contributed by atoms with E-state index in [-0.39, 0.29) is 11.6 Å². The number of ether oxygens (including phenoxy) is 2. The van der Waals surface area contributed by atoms with Crippen LogP contribution < -0.4 is 10.6 Å². The average molecular weight is 315 g/mol. The van der Waals surface area contributed by atoms with E-state index in [1.54, 1.807) is 14.2 Å². The Labute approximate surface area is 135 Å². The summed E-state index contributed by atoms with van der Waals surface area (Å²) in [5.74, 6) is 0.694. The molecule has 6 nitrogen and oxygen atoms in total. The molecule has 0 unspecified atom stereocenters. The molecular formula is C16H33N3O3. The lowest BCUT2D eigenvalue weighted by Crippen LogP contribution is -2.39. The molecule has 0 aliphatic carbocycles. The van der Waals surface area contributed by atoms with E-state index >= 15 is 0 Å². The minimum Gasteiger partial charge on any atom is -0.460 e. The topological polar surface area (TPSA) is 72.0 Å². The Kier molecular flexibility index (Phi) is 11.5. The van der Waals surface area contributed by atoms with Gasteiger partial charge < -0.3 is 20.1 Å². The monoisotopic (exact) mass is 315 g/mol. The van der Waals surface area contributed by atoms with Crippen molar-refractivity contribution in [3.63, 3.8) is 0 Å². The van der Waals surface area contributed by atoms with Crippen LogP contribution in [0.5, 0.6) is 0 Å². The van der Waals surface area contributed by atoms with Gasteiger partial charge in [0.05, 0.1) is 6.61 Å². The Bertz CT molecular complexity index is 325. The fourth-order valence-electron chi connectivity index (χ4n) is 1.84. The zero-order valence-electron chi connectivity index (χ0n) is 14.8. The third kappa shape index (κ3) is 13.7. The Morgan fingerprint density at radius 1 is 1.05 bits per heavy atom. The van der Waals surface area contributed by atoms with Crippen LogP contribution >= 0.6 is 0 Å². The van der Waals surface area contributed by atoms with Crippen molar-refractivity contribution in [2.75, 3.05) is 33.9 Å². The molecule has 0 amide bonds. The zero-order valence-corrected chi connectivity index (χ0v) is 14.8. The summed E-state index contributed by atoms with van der Waals surface area (Å²) in [6.45, 7) is 7.95. The van der Waals surface area contributed by atoms with Crippen molar-refractivity contribution in [1.82, 2.24) is 10.6 Å². The van der Waals surface area contributed by atoms with Crippen molar-refractivity contribution < 1.29 is 14.3 Å². The highest BCUT2D eigenvalue weighted by Gasteiger charge is 2.15. The number of guanidine groups is 1. The fourth-order valence-corrected chi connectivity index (χ4v) is 1.84. The summed E-state index contributed by atoms with van der Waals surface area (Å²) in [6.07, 6.45) is 4.57. The lowest BCUT2D eigenvalue weighted by Gasteiger charge is -2.19. The predicted molar refractivity (Wildman–Crippen MR) is 90.2 cm³/mol. The second kappa shape index (κ2) is 12.3. The molecule has 0 atom stereocenters. The molecule has 0 aromatic rings. The van der Waals surface area contributed by atoms with Crippen LogP contribution in [0.3, 0.4) is 0 Å². The number of nitrogens with zero attached hydrogens (tertiary/aromatic N) is 1. The van der Waals surface area contributed by atoms with Crippen molar-refractivity contribution >= 4 is 11.9 Å². The van der Waals surface area contributed by atoms with Gasteiger partial charge in [0.1, 0.15) is 5.60 Å². The third-order valence-corrected chi connectivity index (χ3v) is 2.84. The first-order chi connectivity index (χ1) is 10.4. The lowest BCUT2D eigenvalue weighted by atomic mass is 10.1. The minimum atomic E-state index is -0.382. The van der Waals surface area contributed by atoms with E-state index in [1.807, 2.05) is 20.8 Å². The maximum atomic E-state index is 11.5. The summed E-state index contributed by atoms with van der Waals surface area (Å²) < 4.78 is 10.2. The summed E-state index contributed by atoms with van der Waals surface area (Å²) in [6, 6.07) is 0. The van der Waals surface area contributed by atoms with E-state index < -0.39 is 0 Å². The van der Waals surface area contributed by atoms with Gasteiger partial charge >= 0.3 is 5.97 Å². The van der Waals surface area contributed by atoms with Gasteiger partial charge in [0.2, 0.25) is 0 Å². The molecule has 0 saturated carbocycles. The normalized spacial score (nSPS) is 12.1. The van der Waals surface area contributed by atoms with Crippen LogP contribution in [0.15, 0.2) is 4.99 Å². The fraction of sp³-hybridized carbons (Fsp3) is 0.875. The molecular weight excluding hydrogens is 282 g/mol. The molecule has 130 valence electrons. The number of nitrogens with one attached hydrogen (secondary N) is 2. The van der Waals surface area contributed by atoms with E-state index in [9.17, 15) is 4.79 Å². The zero-order chi connectivity index (χ0) is 16.8. The molecule has 0 bridgehead atoms. The number of esters is 1. The number of rotatable bonds is 10. The largest absolute Gasteiger partial charge is 0.460 e. The molecule has 0 aromatic carbocycles. The first-order valence-corrected chi connectivity index (χ1v) is 8.04. The van der Waals surface area contributed by atoms with Gasteiger partial charge in [-0.3, -0.25) is 9.79 Å². The summed E-state index contributed by atoms with van der Waals surface area (Å²) >= 11 is 0. The first-order valence-electron chi connectivity index (χ1n) is 8.04. The highest BCUT2D eigenvalue weighted by Crippen LogP contribution is 2.10. The van der Waals surface area contributed by atoms with Crippen LogP contribution in [-0.2, 0) is 14.3 Å². The van der Waals surface area contributed by atoms with Crippen molar-refractivity contribution in [3.05, 3.63) is 0 Å². The van der Waals surface area contributed by atoms with E-state index in [2.05, 4.69) is 15.6 Å². The summed E-state index contributed by atoms with van der Waals surface area (Å²) in [7, 11) is 3.43. The minimum absolute atomic E-state index is 0.103. The number of hydrogen-bond donors (Lipinski definition) is 2. The van der Waals surface area contributed by atoms with Crippen molar-refractivity contribution in [2.24, 2.45) is 4.99 Å². The molecule has 0 aliphatic heterocycles. The smallest absolute Gasteiger partial charge is 0.306 e. The number of hydrogen-bond acceptors (Lipinski definition) is 4. The molecule has 0 saturated heterocycles. The van der Waals surface area contributed by atoms with Gasteiger partial charge in [-0.2, -0.15) is 0 Å². The summed E-state index contributed by atoms with van der Waals surface area (Å²) in [5, 5.41) is 6.41. The molecule has 0 aliphatic rings. The van der Waals surface area contributed by atoms with Gasteiger partial charge in [0, 0.05) is 33.7 Å². The Balaban J connectivity index is 3.51. The Morgan fingerprint density at radius 3 is 2.27 bits per heavy atom. The van der Waals surface area contributed by atoms with Crippen LogP contribution in [0, 0.1) is 0 Å². The molecule has 22 heavy (non-hydrogen) atoms. The van der Waals surface area contributed by atoms with E-state index in [0.29, 0.717) is 13.0 Å². The summed E-state index contributed by atoms with van der Waals surface area (Å²) in [5.41, 5.74) is -0.382. The molecule has 0 rings (SSSR count). The second-order valence-corrected chi connectivity index (χ2v) is 6.17. The second-order valence-electron chi connectivity index (χ2n) is 6.17. The molecule has 0 heterocycles. The van der Waals surface area contributed by atoms with E-state index in [4.69, 9.17) is 9.47 Å². The molecule has 0 radical (unpaired) electrons. The maximum absolute atomic E-state index is 11.5. The predicted octanol–water partition coefficient (Wildman–Crippen LogP) is 2.09. The summed E-state index contributed by atoms with van der Waals surface area (Å²) in [4.78, 5) is 15.7. The molecule has 0 aromatic heterocycles. The van der Waals surface area contributed by atoms with Crippen LogP contribution in [0.2, 0.25) is 0 Å². The quantitative estimate of drug-likeness (QED) is 0.279. The molecule has 0 fully saturated rings. The Hall–Kier alpha value is -1.30. The SMILES string of the molecule is CN=C(NCCCCCCC(=O)OC(C)(C)C)NCCOC. The lowest BCUT2D eigenvalue weighted by molar-refractivity contribution is -0.154. The van der Waals surface area contributed by atoms with Crippen LogP contribution in [0.25, 0.3) is 0 Å². The number of methoxy groups -OCH3 is 1. The maximum Gasteiger partial charge on any atom is 0.306 e. The number of aliphatic imine (C=N–C) groups is 1. The van der Waals surface area contributed by atoms with Gasteiger partial charge in [0.15, 0.2) is 5.96 Å². The van der Waals surface area contributed by atoms with Gasteiger partial charge in [-0.15, -0.1) is 0 Å². The van der Waals surface area contributed by atoms with Gasteiger partial charge in [0.25, 0.3) is 0 Å². The number of carbonyl (C=O) groups is 1. The van der Waals surface area contributed by atoms with Crippen molar-refractivity contribution in [3.8, 4) is 0 Å². The van der Waals surface area contributed by atoms with Gasteiger partial charge in [-0.05, 0) is 33.6 Å². The van der Waals surface area contributed by atoms with Gasteiger partial charge in [-0.1, -0.05) is 12.8 Å².